The van der Waals surface area contributed by atoms with E-state index < -0.39 is 0 Å². The Balaban J connectivity index is 1.88. The number of hydrogen-bond acceptors (Lipinski definition) is 3. The van der Waals surface area contributed by atoms with Crippen molar-refractivity contribution in [2.24, 2.45) is 0 Å². The molecule has 0 aliphatic heterocycles. The second kappa shape index (κ2) is 5.58. The van der Waals surface area contributed by atoms with Crippen LogP contribution in [0.1, 0.15) is 23.2 Å². The monoisotopic (exact) mass is 310 g/mol. The molecule has 6 heteroatoms. The Morgan fingerprint density at radius 1 is 1.40 bits per heavy atom. The summed E-state index contributed by atoms with van der Waals surface area (Å²) in [6, 6.07) is 4.63. The number of aromatic amines is 1. The molecule has 0 saturated heterocycles. The van der Waals surface area contributed by atoms with E-state index in [1.165, 1.54) is 17.8 Å². The molecule has 1 aromatic carbocycles. The first-order valence-electron chi connectivity index (χ1n) is 6.33. The van der Waals surface area contributed by atoms with Crippen molar-refractivity contribution in [3.05, 3.63) is 56.3 Å². The minimum Gasteiger partial charge on any atom is -0.309 e. The van der Waals surface area contributed by atoms with E-state index in [0.717, 1.165) is 30.5 Å². The van der Waals surface area contributed by atoms with Crippen molar-refractivity contribution in [1.82, 2.24) is 9.97 Å². The number of nitrogens with zero attached hydrogens (tertiary/aromatic N) is 1. The number of hydrogen-bond donors (Lipinski definition) is 1. The Morgan fingerprint density at radius 2 is 2.25 bits per heavy atom. The van der Waals surface area contributed by atoms with Gasteiger partial charge in [0, 0.05) is 27.6 Å². The number of nitrogens with one attached hydrogen (secondary N) is 1. The van der Waals surface area contributed by atoms with Crippen LogP contribution in [0.5, 0.6) is 0 Å². The minimum atomic E-state index is -0.340. The maximum absolute atomic E-state index is 13.7. The van der Waals surface area contributed by atoms with Crippen LogP contribution in [0, 0.1) is 5.82 Å². The summed E-state index contributed by atoms with van der Waals surface area (Å²) in [5.41, 5.74) is 2.16. The number of benzene rings is 1. The minimum absolute atomic E-state index is 0.327. The SMILES string of the molecule is O=c1nc(SCc2c(F)cccc2Cl)c2c([nH]1)CCC2. The predicted molar refractivity (Wildman–Crippen MR) is 77.9 cm³/mol. The number of aromatic nitrogens is 2. The van der Waals surface area contributed by atoms with Gasteiger partial charge in [-0.1, -0.05) is 17.7 Å². The van der Waals surface area contributed by atoms with E-state index in [2.05, 4.69) is 9.97 Å². The molecule has 0 fully saturated rings. The Hall–Kier alpha value is -1.33. The molecule has 2 aromatic rings. The lowest BCUT2D eigenvalue weighted by Crippen LogP contribution is -2.14. The molecule has 0 unspecified atom stereocenters. The zero-order chi connectivity index (χ0) is 14.1. The van der Waals surface area contributed by atoms with Gasteiger partial charge in [-0.2, -0.15) is 4.98 Å². The molecule has 0 saturated carbocycles. The van der Waals surface area contributed by atoms with E-state index in [0.29, 0.717) is 21.4 Å². The number of aryl methyl sites for hydroxylation is 1. The van der Waals surface area contributed by atoms with E-state index in [9.17, 15) is 9.18 Å². The maximum Gasteiger partial charge on any atom is 0.346 e. The van der Waals surface area contributed by atoms with Gasteiger partial charge in [0.05, 0.1) is 0 Å². The van der Waals surface area contributed by atoms with E-state index >= 15 is 0 Å². The summed E-state index contributed by atoms with van der Waals surface area (Å²) in [4.78, 5) is 18.3. The summed E-state index contributed by atoms with van der Waals surface area (Å²) in [5.74, 6) is 0.0421. The fraction of sp³-hybridized carbons (Fsp3) is 0.286. The summed E-state index contributed by atoms with van der Waals surface area (Å²) < 4.78 is 13.7. The number of halogens is 2. The molecule has 0 spiro atoms. The molecule has 3 rings (SSSR count). The first-order valence-corrected chi connectivity index (χ1v) is 7.69. The van der Waals surface area contributed by atoms with Gasteiger partial charge in [0.2, 0.25) is 0 Å². The standard InChI is InChI=1S/C14H12ClFN2OS/c15-10-4-2-5-11(16)9(10)7-20-13-8-3-1-6-12(8)17-14(19)18-13/h2,4-5H,1,3,6-7H2,(H,17,18,19). The number of rotatable bonds is 3. The second-order valence-electron chi connectivity index (χ2n) is 4.65. The largest absolute Gasteiger partial charge is 0.346 e. The van der Waals surface area contributed by atoms with Gasteiger partial charge in [-0.3, -0.25) is 0 Å². The van der Waals surface area contributed by atoms with Crippen LogP contribution in [-0.2, 0) is 18.6 Å². The van der Waals surface area contributed by atoms with Crippen molar-refractivity contribution in [3.63, 3.8) is 0 Å². The van der Waals surface area contributed by atoms with Gasteiger partial charge in [-0.05, 0) is 31.4 Å². The van der Waals surface area contributed by atoms with E-state index in [4.69, 9.17) is 11.6 Å². The highest BCUT2D eigenvalue weighted by Gasteiger charge is 2.18. The molecule has 1 N–H and O–H groups in total. The van der Waals surface area contributed by atoms with Gasteiger partial charge in [0.1, 0.15) is 10.8 Å². The first kappa shape index (κ1) is 13.6. The number of H-pyrrole nitrogens is 1. The smallest absolute Gasteiger partial charge is 0.309 e. The quantitative estimate of drug-likeness (QED) is 0.698. The first-order chi connectivity index (χ1) is 9.65. The lowest BCUT2D eigenvalue weighted by molar-refractivity contribution is 0.617. The van der Waals surface area contributed by atoms with E-state index in [-0.39, 0.29) is 11.5 Å². The van der Waals surface area contributed by atoms with Crippen molar-refractivity contribution in [2.75, 3.05) is 0 Å². The fourth-order valence-corrected chi connectivity index (χ4v) is 3.80. The van der Waals surface area contributed by atoms with Crippen LogP contribution in [-0.4, -0.2) is 9.97 Å². The van der Waals surface area contributed by atoms with Crippen molar-refractivity contribution in [1.29, 1.82) is 0 Å². The molecule has 0 atom stereocenters. The Labute approximate surface area is 124 Å². The molecule has 20 heavy (non-hydrogen) atoms. The van der Waals surface area contributed by atoms with Crippen LogP contribution in [0.25, 0.3) is 0 Å². The molecule has 3 nitrogen and oxygen atoms in total. The van der Waals surface area contributed by atoms with Crippen LogP contribution < -0.4 is 5.69 Å². The lowest BCUT2D eigenvalue weighted by Gasteiger charge is -2.08. The predicted octanol–water partition coefficient (Wildman–Crippen LogP) is 3.34. The summed E-state index contributed by atoms with van der Waals surface area (Å²) in [7, 11) is 0. The topological polar surface area (TPSA) is 45.8 Å². The summed E-state index contributed by atoms with van der Waals surface area (Å²) in [5, 5.41) is 1.10. The third-order valence-electron chi connectivity index (χ3n) is 3.35. The third kappa shape index (κ3) is 2.60. The Bertz CT molecular complexity index is 697. The molecular weight excluding hydrogens is 299 g/mol. The van der Waals surface area contributed by atoms with Crippen LogP contribution in [0.2, 0.25) is 5.02 Å². The summed E-state index contributed by atoms with van der Waals surface area (Å²) in [6.07, 6.45) is 2.80. The average molecular weight is 311 g/mol. The highest BCUT2D eigenvalue weighted by Crippen LogP contribution is 2.32. The molecular formula is C14H12ClFN2OS. The number of thioether (sulfide) groups is 1. The van der Waals surface area contributed by atoms with E-state index in [1.807, 2.05) is 0 Å². The van der Waals surface area contributed by atoms with Gasteiger partial charge < -0.3 is 4.98 Å². The maximum atomic E-state index is 13.7. The molecule has 0 bridgehead atoms. The third-order valence-corrected chi connectivity index (χ3v) is 4.75. The van der Waals surface area contributed by atoms with Gasteiger partial charge in [-0.25, -0.2) is 9.18 Å². The van der Waals surface area contributed by atoms with Crippen LogP contribution in [0.4, 0.5) is 4.39 Å². The zero-order valence-electron chi connectivity index (χ0n) is 10.6. The number of fused-ring (bicyclic) bond motifs is 1. The van der Waals surface area contributed by atoms with Gasteiger partial charge in [0.15, 0.2) is 0 Å². The van der Waals surface area contributed by atoms with Crippen LogP contribution in [0.3, 0.4) is 0 Å². The zero-order valence-corrected chi connectivity index (χ0v) is 12.2. The normalized spacial score (nSPS) is 13.5. The average Bonchev–Trinajstić information content (AvgIpc) is 2.86. The highest BCUT2D eigenvalue weighted by molar-refractivity contribution is 7.98. The molecule has 0 amide bonds. The summed E-state index contributed by atoms with van der Waals surface area (Å²) >= 11 is 7.37. The second-order valence-corrected chi connectivity index (χ2v) is 6.02. The highest BCUT2D eigenvalue weighted by atomic mass is 35.5. The Morgan fingerprint density at radius 3 is 3.05 bits per heavy atom. The van der Waals surface area contributed by atoms with Gasteiger partial charge in [-0.15, -0.1) is 11.8 Å². The van der Waals surface area contributed by atoms with Gasteiger partial charge in [0.25, 0.3) is 0 Å². The van der Waals surface area contributed by atoms with Crippen molar-refractivity contribution < 1.29 is 4.39 Å². The van der Waals surface area contributed by atoms with Crippen LogP contribution in [0.15, 0.2) is 28.0 Å². The molecule has 104 valence electrons. The van der Waals surface area contributed by atoms with Crippen LogP contribution >= 0.6 is 23.4 Å². The van der Waals surface area contributed by atoms with Gasteiger partial charge >= 0.3 is 5.69 Å². The fourth-order valence-electron chi connectivity index (χ4n) is 2.36. The van der Waals surface area contributed by atoms with Crippen molar-refractivity contribution in [3.8, 4) is 0 Å². The van der Waals surface area contributed by atoms with E-state index in [1.54, 1.807) is 12.1 Å². The molecule has 1 aromatic heterocycles. The molecule has 0 radical (unpaired) electrons. The lowest BCUT2D eigenvalue weighted by atomic mass is 10.2. The summed E-state index contributed by atoms with van der Waals surface area (Å²) in [6.45, 7) is 0. The Kier molecular flexibility index (Phi) is 3.81. The van der Waals surface area contributed by atoms with Crippen molar-refractivity contribution >= 4 is 23.4 Å². The van der Waals surface area contributed by atoms with Crippen molar-refractivity contribution in [2.45, 2.75) is 30.0 Å². The molecule has 1 aliphatic rings. The molecule has 1 heterocycles. The molecule has 1 aliphatic carbocycles.